The fourth-order valence-electron chi connectivity index (χ4n) is 0.139. The van der Waals surface area contributed by atoms with Crippen molar-refractivity contribution in [2.45, 2.75) is 25.4 Å². The lowest BCUT2D eigenvalue weighted by molar-refractivity contribution is -0.177. The van der Waals surface area contributed by atoms with Gasteiger partial charge in [0.05, 0.1) is 6.61 Å². The highest BCUT2D eigenvalue weighted by Gasteiger charge is 2.43. The molecule has 56 valence electrons. The summed E-state index contributed by atoms with van der Waals surface area (Å²) in [4.78, 5) is 0. The van der Waals surface area contributed by atoms with Gasteiger partial charge in [-0.1, -0.05) is 0 Å². The SMILES string of the molecule is CC(F)(F)C(C)(O)CO. The lowest BCUT2D eigenvalue weighted by Crippen LogP contribution is -2.46. The summed E-state index contributed by atoms with van der Waals surface area (Å²) in [6, 6.07) is 0. The maximum Gasteiger partial charge on any atom is 0.275 e. The van der Waals surface area contributed by atoms with E-state index in [2.05, 4.69) is 0 Å². The second-order valence-corrected chi connectivity index (χ2v) is 2.32. The van der Waals surface area contributed by atoms with Gasteiger partial charge in [-0.05, 0) is 6.92 Å². The van der Waals surface area contributed by atoms with Gasteiger partial charge in [0.15, 0.2) is 0 Å². The zero-order valence-corrected chi connectivity index (χ0v) is 5.36. The fraction of sp³-hybridized carbons (Fsp3) is 1.00. The summed E-state index contributed by atoms with van der Waals surface area (Å²) >= 11 is 0. The Kier molecular flexibility index (Phi) is 2.14. The molecule has 0 bridgehead atoms. The number of aliphatic hydroxyl groups is 2. The number of rotatable bonds is 2. The van der Waals surface area contributed by atoms with Crippen molar-refractivity contribution in [3.8, 4) is 0 Å². The van der Waals surface area contributed by atoms with E-state index in [9.17, 15) is 8.78 Å². The van der Waals surface area contributed by atoms with Crippen LogP contribution < -0.4 is 0 Å². The van der Waals surface area contributed by atoms with E-state index in [-0.39, 0.29) is 0 Å². The molecule has 0 saturated heterocycles. The van der Waals surface area contributed by atoms with Gasteiger partial charge in [-0.2, -0.15) is 0 Å². The van der Waals surface area contributed by atoms with Gasteiger partial charge in [0.25, 0.3) is 5.92 Å². The molecule has 9 heavy (non-hydrogen) atoms. The van der Waals surface area contributed by atoms with E-state index in [1.54, 1.807) is 0 Å². The van der Waals surface area contributed by atoms with Crippen molar-refractivity contribution in [3.63, 3.8) is 0 Å². The molecule has 0 heterocycles. The maximum atomic E-state index is 12.1. The number of alkyl halides is 2. The monoisotopic (exact) mass is 140 g/mol. The molecular formula is C5H10F2O2. The van der Waals surface area contributed by atoms with E-state index in [0.29, 0.717) is 6.92 Å². The Labute approximate surface area is 52.1 Å². The summed E-state index contributed by atoms with van der Waals surface area (Å²) in [5, 5.41) is 16.9. The number of hydrogen-bond donors (Lipinski definition) is 2. The minimum absolute atomic E-state index is 0.559. The molecule has 2 N–H and O–H groups in total. The van der Waals surface area contributed by atoms with E-state index in [4.69, 9.17) is 10.2 Å². The summed E-state index contributed by atoms with van der Waals surface area (Å²) in [6.07, 6.45) is 0. The van der Waals surface area contributed by atoms with Gasteiger partial charge in [0, 0.05) is 6.92 Å². The van der Waals surface area contributed by atoms with Crippen LogP contribution in [0.2, 0.25) is 0 Å². The predicted octanol–water partition coefficient (Wildman–Crippen LogP) is 0.385. The Morgan fingerprint density at radius 3 is 1.67 bits per heavy atom. The zero-order valence-electron chi connectivity index (χ0n) is 5.36. The van der Waals surface area contributed by atoms with Crippen LogP contribution >= 0.6 is 0 Å². The topological polar surface area (TPSA) is 40.5 Å². The molecule has 0 aliphatic carbocycles. The molecule has 0 aromatic heterocycles. The van der Waals surface area contributed by atoms with Crippen molar-refractivity contribution in [3.05, 3.63) is 0 Å². The smallest absolute Gasteiger partial charge is 0.275 e. The number of hydrogen-bond acceptors (Lipinski definition) is 2. The molecule has 4 heteroatoms. The first-order chi connectivity index (χ1) is 3.81. The molecular weight excluding hydrogens is 130 g/mol. The van der Waals surface area contributed by atoms with Crippen LogP contribution in [0.25, 0.3) is 0 Å². The molecule has 1 atom stereocenters. The Morgan fingerprint density at radius 2 is 1.67 bits per heavy atom. The Balaban J connectivity index is 4.14. The van der Waals surface area contributed by atoms with Crippen molar-refractivity contribution < 1.29 is 19.0 Å². The van der Waals surface area contributed by atoms with E-state index in [0.717, 1.165) is 6.92 Å². The molecule has 0 fully saturated rings. The second-order valence-electron chi connectivity index (χ2n) is 2.32. The van der Waals surface area contributed by atoms with Crippen LogP contribution in [-0.2, 0) is 0 Å². The van der Waals surface area contributed by atoms with Gasteiger partial charge >= 0.3 is 0 Å². The standard InChI is InChI=1S/C5H10F2O2/c1-4(9,3-8)5(2,6)7/h8-9H,3H2,1-2H3. The average molecular weight is 140 g/mol. The van der Waals surface area contributed by atoms with E-state index >= 15 is 0 Å². The summed E-state index contributed by atoms with van der Waals surface area (Å²) < 4.78 is 24.2. The maximum absolute atomic E-state index is 12.1. The van der Waals surface area contributed by atoms with Crippen molar-refractivity contribution >= 4 is 0 Å². The normalized spacial score (nSPS) is 19.3. The molecule has 0 aliphatic heterocycles. The summed E-state index contributed by atoms with van der Waals surface area (Å²) in [6.45, 7) is 0.507. The molecule has 0 radical (unpaired) electrons. The predicted molar refractivity (Wildman–Crippen MR) is 28.3 cm³/mol. The van der Waals surface area contributed by atoms with Crippen LogP contribution in [-0.4, -0.2) is 28.3 Å². The molecule has 0 aromatic carbocycles. The molecule has 0 saturated carbocycles. The fourth-order valence-corrected chi connectivity index (χ4v) is 0.139. The second kappa shape index (κ2) is 2.19. The zero-order chi connectivity index (χ0) is 7.71. The van der Waals surface area contributed by atoms with Crippen molar-refractivity contribution in [2.24, 2.45) is 0 Å². The highest BCUT2D eigenvalue weighted by atomic mass is 19.3. The van der Waals surface area contributed by atoms with E-state index in [1.807, 2.05) is 0 Å². The minimum atomic E-state index is -3.25. The third-order valence-corrected chi connectivity index (χ3v) is 1.25. The summed E-state index contributed by atoms with van der Waals surface area (Å²) in [5.74, 6) is -3.25. The van der Waals surface area contributed by atoms with Crippen molar-refractivity contribution in [1.29, 1.82) is 0 Å². The van der Waals surface area contributed by atoms with Gasteiger partial charge < -0.3 is 10.2 Å². The first kappa shape index (κ1) is 8.78. The van der Waals surface area contributed by atoms with Gasteiger partial charge in [0.1, 0.15) is 5.60 Å². The molecule has 0 aromatic rings. The van der Waals surface area contributed by atoms with Crippen molar-refractivity contribution in [1.82, 2.24) is 0 Å². The van der Waals surface area contributed by atoms with Gasteiger partial charge in [0.2, 0.25) is 0 Å². The summed E-state index contributed by atoms with van der Waals surface area (Å²) in [5.41, 5.74) is -2.30. The van der Waals surface area contributed by atoms with Crippen LogP contribution in [0.5, 0.6) is 0 Å². The van der Waals surface area contributed by atoms with Crippen LogP contribution in [0.1, 0.15) is 13.8 Å². The molecule has 0 rings (SSSR count). The Morgan fingerprint density at radius 1 is 1.33 bits per heavy atom. The first-order valence-corrected chi connectivity index (χ1v) is 2.52. The van der Waals surface area contributed by atoms with Crippen LogP contribution in [0, 0.1) is 0 Å². The Bertz CT molecular complexity index is 95.6. The van der Waals surface area contributed by atoms with Gasteiger partial charge in [-0.3, -0.25) is 0 Å². The Hall–Kier alpha value is -0.220. The lowest BCUT2D eigenvalue weighted by atomic mass is 10.0. The third kappa shape index (κ3) is 1.87. The first-order valence-electron chi connectivity index (χ1n) is 2.52. The highest BCUT2D eigenvalue weighted by molar-refractivity contribution is 4.84. The van der Waals surface area contributed by atoms with E-state index < -0.39 is 18.1 Å². The summed E-state index contributed by atoms with van der Waals surface area (Å²) in [7, 11) is 0. The molecule has 0 amide bonds. The van der Waals surface area contributed by atoms with Crippen molar-refractivity contribution in [2.75, 3.05) is 6.61 Å². The molecule has 0 spiro atoms. The minimum Gasteiger partial charge on any atom is -0.393 e. The van der Waals surface area contributed by atoms with Crippen LogP contribution in [0.4, 0.5) is 8.78 Å². The molecule has 2 nitrogen and oxygen atoms in total. The highest BCUT2D eigenvalue weighted by Crippen LogP contribution is 2.26. The lowest BCUT2D eigenvalue weighted by Gasteiger charge is -2.27. The number of aliphatic hydroxyl groups excluding tert-OH is 1. The quantitative estimate of drug-likeness (QED) is 0.582. The largest absolute Gasteiger partial charge is 0.393 e. The average Bonchev–Trinajstić information content (AvgIpc) is 1.64. The van der Waals surface area contributed by atoms with E-state index in [1.165, 1.54) is 0 Å². The van der Waals surface area contributed by atoms with Crippen LogP contribution in [0.3, 0.4) is 0 Å². The van der Waals surface area contributed by atoms with Gasteiger partial charge in [-0.25, -0.2) is 8.78 Å². The van der Waals surface area contributed by atoms with Crippen LogP contribution in [0.15, 0.2) is 0 Å². The number of halogens is 2. The van der Waals surface area contributed by atoms with Gasteiger partial charge in [-0.15, -0.1) is 0 Å². The molecule has 1 unspecified atom stereocenters. The third-order valence-electron chi connectivity index (χ3n) is 1.25. The molecule has 0 aliphatic rings.